The quantitative estimate of drug-likeness (QED) is 0.693. The maximum absolute atomic E-state index is 10.6. The molecule has 1 aliphatic heterocycles. The minimum absolute atomic E-state index is 0.199. The topological polar surface area (TPSA) is 40.5 Å². The average molecular weight is 171 g/mol. The van der Waals surface area contributed by atoms with Gasteiger partial charge in [0.2, 0.25) is 0 Å². The standard InChI is InChI=1S/C9H17NO2/c1-7(9(11)12)6-8-4-3-5-10(8)2/h7-8H,3-6H2,1-2H3,(H,11,12). The summed E-state index contributed by atoms with van der Waals surface area (Å²) in [6.45, 7) is 2.91. The molecule has 0 aromatic heterocycles. The lowest BCUT2D eigenvalue weighted by Crippen LogP contribution is -2.28. The number of carboxylic acid groups (broad SMARTS) is 1. The Balaban J connectivity index is 2.35. The average Bonchev–Trinajstić information content (AvgIpc) is 2.36. The van der Waals surface area contributed by atoms with Crippen LogP contribution in [0.15, 0.2) is 0 Å². The fraction of sp³-hybridized carbons (Fsp3) is 0.889. The number of carboxylic acids is 1. The minimum Gasteiger partial charge on any atom is -0.481 e. The Bertz CT molecular complexity index is 170. The van der Waals surface area contributed by atoms with Crippen LogP contribution in [-0.4, -0.2) is 35.6 Å². The van der Waals surface area contributed by atoms with Crippen molar-refractivity contribution in [2.75, 3.05) is 13.6 Å². The second kappa shape index (κ2) is 3.90. The third-order valence-electron chi connectivity index (χ3n) is 2.72. The molecule has 3 heteroatoms. The van der Waals surface area contributed by atoms with Crippen LogP contribution in [0.25, 0.3) is 0 Å². The fourth-order valence-corrected chi connectivity index (χ4v) is 1.79. The number of carbonyl (C=O) groups is 1. The zero-order valence-electron chi connectivity index (χ0n) is 7.79. The van der Waals surface area contributed by atoms with Crippen molar-refractivity contribution in [1.82, 2.24) is 4.90 Å². The molecule has 12 heavy (non-hydrogen) atoms. The van der Waals surface area contributed by atoms with Crippen molar-refractivity contribution in [2.24, 2.45) is 5.92 Å². The second-order valence-corrected chi connectivity index (χ2v) is 3.75. The molecule has 1 fully saturated rings. The van der Waals surface area contributed by atoms with E-state index in [1.54, 1.807) is 6.92 Å². The van der Waals surface area contributed by atoms with Gasteiger partial charge >= 0.3 is 5.97 Å². The molecule has 0 amide bonds. The van der Waals surface area contributed by atoms with Gasteiger partial charge in [-0.1, -0.05) is 6.92 Å². The van der Waals surface area contributed by atoms with Gasteiger partial charge in [0.1, 0.15) is 0 Å². The highest BCUT2D eigenvalue weighted by Gasteiger charge is 2.24. The first-order valence-corrected chi connectivity index (χ1v) is 4.54. The summed E-state index contributed by atoms with van der Waals surface area (Å²) in [7, 11) is 2.08. The van der Waals surface area contributed by atoms with E-state index in [9.17, 15) is 4.79 Å². The summed E-state index contributed by atoms with van der Waals surface area (Å²) in [4.78, 5) is 12.8. The molecule has 1 saturated heterocycles. The third kappa shape index (κ3) is 2.21. The van der Waals surface area contributed by atoms with E-state index in [1.165, 1.54) is 6.42 Å². The fourth-order valence-electron chi connectivity index (χ4n) is 1.79. The third-order valence-corrected chi connectivity index (χ3v) is 2.72. The first kappa shape index (κ1) is 9.52. The van der Waals surface area contributed by atoms with Gasteiger partial charge in [-0.05, 0) is 32.9 Å². The van der Waals surface area contributed by atoms with Crippen molar-refractivity contribution in [3.05, 3.63) is 0 Å². The van der Waals surface area contributed by atoms with E-state index in [4.69, 9.17) is 5.11 Å². The lowest BCUT2D eigenvalue weighted by atomic mass is 10.0. The molecule has 0 spiro atoms. The van der Waals surface area contributed by atoms with E-state index in [0.717, 1.165) is 19.4 Å². The van der Waals surface area contributed by atoms with Crippen LogP contribution >= 0.6 is 0 Å². The number of nitrogens with zero attached hydrogens (tertiary/aromatic N) is 1. The molecule has 0 aliphatic carbocycles. The summed E-state index contributed by atoms with van der Waals surface area (Å²) in [5.41, 5.74) is 0. The summed E-state index contributed by atoms with van der Waals surface area (Å²) < 4.78 is 0. The van der Waals surface area contributed by atoms with Gasteiger partial charge in [0.15, 0.2) is 0 Å². The van der Waals surface area contributed by atoms with Gasteiger partial charge in [-0.25, -0.2) is 0 Å². The molecule has 1 heterocycles. The number of hydrogen-bond acceptors (Lipinski definition) is 2. The van der Waals surface area contributed by atoms with Crippen molar-refractivity contribution >= 4 is 5.97 Å². The van der Waals surface area contributed by atoms with Crippen LogP contribution in [0.2, 0.25) is 0 Å². The molecule has 2 unspecified atom stereocenters. The van der Waals surface area contributed by atoms with E-state index in [0.29, 0.717) is 6.04 Å². The lowest BCUT2D eigenvalue weighted by Gasteiger charge is -2.20. The maximum Gasteiger partial charge on any atom is 0.306 e. The molecule has 1 aliphatic rings. The van der Waals surface area contributed by atoms with E-state index in [-0.39, 0.29) is 5.92 Å². The van der Waals surface area contributed by atoms with Gasteiger partial charge in [0.25, 0.3) is 0 Å². The molecule has 2 atom stereocenters. The normalized spacial score (nSPS) is 27.3. The first-order chi connectivity index (χ1) is 5.61. The highest BCUT2D eigenvalue weighted by molar-refractivity contribution is 5.69. The Morgan fingerprint density at radius 2 is 2.42 bits per heavy atom. The van der Waals surface area contributed by atoms with Crippen LogP contribution in [0.1, 0.15) is 26.2 Å². The maximum atomic E-state index is 10.6. The van der Waals surface area contributed by atoms with Crippen molar-refractivity contribution in [3.8, 4) is 0 Å². The van der Waals surface area contributed by atoms with Gasteiger partial charge in [0, 0.05) is 6.04 Å². The Hall–Kier alpha value is -0.570. The molecule has 0 aromatic rings. The van der Waals surface area contributed by atoms with Crippen LogP contribution < -0.4 is 0 Å². The smallest absolute Gasteiger partial charge is 0.306 e. The van der Waals surface area contributed by atoms with E-state index in [2.05, 4.69) is 11.9 Å². The van der Waals surface area contributed by atoms with Crippen LogP contribution in [-0.2, 0) is 4.79 Å². The molecule has 1 rings (SSSR count). The lowest BCUT2D eigenvalue weighted by molar-refractivity contribution is -0.141. The molecule has 0 saturated carbocycles. The summed E-state index contributed by atoms with van der Waals surface area (Å²) >= 11 is 0. The number of likely N-dealkylation sites (tertiary alicyclic amines) is 1. The Morgan fingerprint density at radius 1 is 1.75 bits per heavy atom. The van der Waals surface area contributed by atoms with Crippen LogP contribution in [0.3, 0.4) is 0 Å². The molecule has 0 radical (unpaired) electrons. The Kier molecular flexibility index (Phi) is 3.09. The monoisotopic (exact) mass is 171 g/mol. The zero-order chi connectivity index (χ0) is 9.14. The summed E-state index contributed by atoms with van der Waals surface area (Å²) in [6.07, 6.45) is 3.17. The van der Waals surface area contributed by atoms with Gasteiger partial charge in [-0.15, -0.1) is 0 Å². The SMILES string of the molecule is CC(CC1CCCN1C)C(=O)O. The number of rotatable bonds is 3. The second-order valence-electron chi connectivity index (χ2n) is 3.75. The highest BCUT2D eigenvalue weighted by atomic mass is 16.4. The largest absolute Gasteiger partial charge is 0.481 e. The molecule has 70 valence electrons. The number of aliphatic carboxylic acids is 1. The molecular formula is C9H17NO2. The van der Waals surface area contributed by atoms with Gasteiger partial charge in [-0.2, -0.15) is 0 Å². The molecule has 3 nitrogen and oxygen atoms in total. The minimum atomic E-state index is -0.671. The van der Waals surface area contributed by atoms with Gasteiger partial charge in [-0.3, -0.25) is 4.79 Å². The van der Waals surface area contributed by atoms with Crippen molar-refractivity contribution in [1.29, 1.82) is 0 Å². The van der Waals surface area contributed by atoms with E-state index >= 15 is 0 Å². The van der Waals surface area contributed by atoms with Gasteiger partial charge in [0.05, 0.1) is 5.92 Å². The summed E-state index contributed by atoms with van der Waals surface area (Å²) in [5.74, 6) is -0.870. The van der Waals surface area contributed by atoms with E-state index < -0.39 is 5.97 Å². The summed E-state index contributed by atoms with van der Waals surface area (Å²) in [5, 5.41) is 8.71. The predicted octanol–water partition coefficient (Wildman–Crippen LogP) is 1.19. The van der Waals surface area contributed by atoms with Crippen LogP contribution in [0, 0.1) is 5.92 Å². The predicted molar refractivity (Wildman–Crippen MR) is 47.1 cm³/mol. The van der Waals surface area contributed by atoms with Crippen molar-refractivity contribution < 1.29 is 9.90 Å². The van der Waals surface area contributed by atoms with Crippen LogP contribution in [0.5, 0.6) is 0 Å². The molecule has 0 aromatic carbocycles. The first-order valence-electron chi connectivity index (χ1n) is 4.54. The molecule has 0 bridgehead atoms. The molecular weight excluding hydrogens is 154 g/mol. The summed E-state index contributed by atoms with van der Waals surface area (Å²) in [6, 6.07) is 0.496. The Morgan fingerprint density at radius 3 is 2.83 bits per heavy atom. The highest BCUT2D eigenvalue weighted by Crippen LogP contribution is 2.21. The molecule has 1 N–H and O–H groups in total. The zero-order valence-corrected chi connectivity index (χ0v) is 7.79. The van der Waals surface area contributed by atoms with Crippen molar-refractivity contribution in [2.45, 2.75) is 32.2 Å². The van der Waals surface area contributed by atoms with Gasteiger partial charge < -0.3 is 10.0 Å². The van der Waals surface area contributed by atoms with E-state index in [1.807, 2.05) is 0 Å². The van der Waals surface area contributed by atoms with Crippen LogP contribution in [0.4, 0.5) is 0 Å². The number of hydrogen-bond donors (Lipinski definition) is 1. The Labute approximate surface area is 73.4 Å². The van der Waals surface area contributed by atoms with Crippen molar-refractivity contribution in [3.63, 3.8) is 0 Å².